The minimum absolute atomic E-state index is 1.09. The van der Waals surface area contributed by atoms with Gasteiger partial charge >= 0.3 is 0 Å². The molecule has 0 spiro atoms. The summed E-state index contributed by atoms with van der Waals surface area (Å²) in [7, 11) is 2.15. The number of hydrogen-bond donors (Lipinski definition) is 0. The molecule has 0 N–H and O–H groups in total. The van der Waals surface area contributed by atoms with E-state index in [0.29, 0.717) is 0 Å². The SMILES string of the molecule is CSCc1cc2ccc(C)cc2n1C. The summed E-state index contributed by atoms with van der Waals surface area (Å²) in [6, 6.07) is 8.91. The van der Waals surface area contributed by atoms with Crippen LogP contribution in [0, 0.1) is 6.92 Å². The molecular formula is C12H15NS. The predicted molar refractivity (Wildman–Crippen MR) is 64.9 cm³/mol. The molecule has 1 nitrogen and oxygen atoms in total. The summed E-state index contributed by atoms with van der Waals surface area (Å²) in [6.07, 6.45) is 2.14. The van der Waals surface area contributed by atoms with Crippen molar-refractivity contribution >= 4 is 22.7 Å². The minimum atomic E-state index is 1.09. The maximum Gasteiger partial charge on any atom is 0.0482 e. The van der Waals surface area contributed by atoms with E-state index in [1.165, 1.54) is 22.2 Å². The van der Waals surface area contributed by atoms with Crippen LogP contribution in [0.2, 0.25) is 0 Å². The first kappa shape index (κ1) is 9.66. The van der Waals surface area contributed by atoms with E-state index in [0.717, 1.165) is 5.75 Å². The molecule has 0 unspecified atom stereocenters. The molecule has 0 radical (unpaired) electrons. The van der Waals surface area contributed by atoms with E-state index >= 15 is 0 Å². The number of benzene rings is 1. The molecule has 0 fully saturated rings. The van der Waals surface area contributed by atoms with Crippen LogP contribution >= 0.6 is 11.8 Å². The summed E-state index contributed by atoms with van der Waals surface area (Å²) in [5.74, 6) is 1.09. The number of aromatic nitrogens is 1. The number of thioether (sulfide) groups is 1. The summed E-state index contributed by atoms with van der Waals surface area (Å²) in [6.45, 7) is 2.14. The highest BCUT2D eigenvalue weighted by atomic mass is 32.2. The second kappa shape index (κ2) is 3.70. The van der Waals surface area contributed by atoms with Crippen molar-refractivity contribution in [2.45, 2.75) is 12.7 Å². The van der Waals surface area contributed by atoms with E-state index in [1.807, 2.05) is 11.8 Å². The lowest BCUT2D eigenvalue weighted by Crippen LogP contribution is -1.93. The number of fused-ring (bicyclic) bond motifs is 1. The first-order valence-corrected chi connectivity index (χ1v) is 6.15. The maximum absolute atomic E-state index is 2.29. The molecule has 0 saturated carbocycles. The van der Waals surface area contributed by atoms with Crippen molar-refractivity contribution in [1.29, 1.82) is 0 Å². The van der Waals surface area contributed by atoms with Crippen LogP contribution in [0.4, 0.5) is 0 Å². The first-order chi connectivity index (χ1) is 6.72. The maximum atomic E-state index is 2.29. The number of rotatable bonds is 2. The van der Waals surface area contributed by atoms with Gasteiger partial charge in [-0.25, -0.2) is 0 Å². The predicted octanol–water partition coefficient (Wildman–Crippen LogP) is 3.35. The van der Waals surface area contributed by atoms with Gasteiger partial charge in [0.2, 0.25) is 0 Å². The van der Waals surface area contributed by atoms with Crippen molar-refractivity contribution < 1.29 is 0 Å². The Hall–Kier alpha value is -0.890. The molecule has 0 atom stereocenters. The topological polar surface area (TPSA) is 4.93 Å². The van der Waals surface area contributed by atoms with Gasteiger partial charge in [-0.15, -0.1) is 0 Å². The molecule has 2 heteroatoms. The van der Waals surface area contributed by atoms with Crippen molar-refractivity contribution in [1.82, 2.24) is 4.57 Å². The van der Waals surface area contributed by atoms with Gasteiger partial charge in [0.05, 0.1) is 0 Å². The Balaban J connectivity index is 2.62. The van der Waals surface area contributed by atoms with Crippen LogP contribution in [0.25, 0.3) is 10.9 Å². The highest BCUT2D eigenvalue weighted by Crippen LogP contribution is 2.22. The molecule has 74 valence electrons. The van der Waals surface area contributed by atoms with Gasteiger partial charge in [-0.1, -0.05) is 12.1 Å². The Kier molecular flexibility index (Phi) is 2.55. The highest BCUT2D eigenvalue weighted by molar-refractivity contribution is 7.97. The molecule has 2 aromatic rings. The van der Waals surface area contributed by atoms with E-state index < -0.39 is 0 Å². The van der Waals surface area contributed by atoms with Crippen LogP contribution in [0.15, 0.2) is 24.3 Å². The first-order valence-electron chi connectivity index (χ1n) is 4.76. The van der Waals surface area contributed by atoms with Gasteiger partial charge in [-0.3, -0.25) is 0 Å². The standard InChI is InChI=1S/C12H15NS/c1-9-4-5-10-7-11(8-14-3)13(2)12(10)6-9/h4-7H,8H2,1-3H3. The van der Waals surface area contributed by atoms with Gasteiger partial charge < -0.3 is 4.57 Å². The van der Waals surface area contributed by atoms with Gasteiger partial charge in [0.25, 0.3) is 0 Å². The Morgan fingerprint density at radius 2 is 2.07 bits per heavy atom. The van der Waals surface area contributed by atoms with Crippen molar-refractivity contribution in [2.75, 3.05) is 6.26 Å². The number of aryl methyl sites for hydroxylation is 2. The molecular weight excluding hydrogens is 190 g/mol. The zero-order valence-corrected chi connectivity index (χ0v) is 9.69. The fourth-order valence-electron chi connectivity index (χ4n) is 1.78. The summed E-state index contributed by atoms with van der Waals surface area (Å²) in [5.41, 5.74) is 4.07. The fraction of sp³-hybridized carbons (Fsp3) is 0.333. The molecule has 1 aromatic heterocycles. The lowest BCUT2D eigenvalue weighted by Gasteiger charge is -2.02. The Labute approximate surface area is 89.1 Å². The van der Waals surface area contributed by atoms with Crippen LogP contribution in [0.3, 0.4) is 0 Å². The molecule has 14 heavy (non-hydrogen) atoms. The highest BCUT2D eigenvalue weighted by Gasteiger charge is 2.04. The van der Waals surface area contributed by atoms with Gasteiger partial charge in [-0.2, -0.15) is 11.8 Å². The Morgan fingerprint density at radius 1 is 1.29 bits per heavy atom. The fourth-order valence-corrected chi connectivity index (χ4v) is 2.36. The lowest BCUT2D eigenvalue weighted by molar-refractivity contribution is 0.909. The lowest BCUT2D eigenvalue weighted by atomic mass is 10.2. The minimum Gasteiger partial charge on any atom is -0.347 e. The van der Waals surface area contributed by atoms with Crippen molar-refractivity contribution in [3.05, 3.63) is 35.5 Å². The van der Waals surface area contributed by atoms with Gasteiger partial charge in [-0.05, 0) is 36.3 Å². The van der Waals surface area contributed by atoms with Crippen molar-refractivity contribution in [3.8, 4) is 0 Å². The van der Waals surface area contributed by atoms with Crippen LogP contribution in [-0.4, -0.2) is 10.8 Å². The van der Waals surface area contributed by atoms with E-state index in [9.17, 15) is 0 Å². The third-order valence-corrected chi connectivity index (χ3v) is 3.18. The van der Waals surface area contributed by atoms with Gasteiger partial charge in [0, 0.05) is 24.0 Å². The summed E-state index contributed by atoms with van der Waals surface area (Å²) >= 11 is 1.87. The molecule has 2 rings (SSSR count). The number of nitrogens with zero attached hydrogens (tertiary/aromatic N) is 1. The smallest absolute Gasteiger partial charge is 0.0482 e. The van der Waals surface area contributed by atoms with E-state index in [4.69, 9.17) is 0 Å². The van der Waals surface area contributed by atoms with Crippen molar-refractivity contribution in [2.24, 2.45) is 7.05 Å². The van der Waals surface area contributed by atoms with E-state index in [-0.39, 0.29) is 0 Å². The summed E-state index contributed by atoms with van der Waals surface area (Å²) in [5, 5.41) is 1.35. The van der Waals surface area contributed by atoms with E-state index in [1.54, 1.807) is 0 Å². The van der Waals surface area contributed by atoms with Gasteiger partial charge in [0.15, 0.2) is 0 Å². The molecule has 1 heterocycles. The Bertz CT molecular complexity index is 457. The van der Waals surface area contributed by atoms with Crippen LogP contribution in [-0.2, 0) is 12.8 Å². The molecule has 0 aliphatic heterocycles. The molecule has 1 aromatic carbocycles. The normalized spacial score (nSPS) is 11.1. The molecule has 0 saturated heterocycles. The Morgan fingerprint density at radius 3 is 2.79 bits per heavy atom. The van der Waals surface area contributed by atoms with Crippen molar-refractivity contribution in [3.63, 3.8) is 0 Å². The quantitative estimate of drug-likeness (QED) is 0.728. The average Bonchev–Trinajstić information content (AvgIpc) is 2.46. The second-order valence-electron chi connectivity index (χ2n) is 3.69. The number of hydrogen-bond acceptors (Lipinski definition) is 1. The monoisotopic (exact) mass is 205 g/mol. The van der Waals surface area contributed by atoms with Crippen LogP contribution in [0.1, 0.15) is 11.3 Å². The molecule has 0 amide bonds. The molecule has 0 aliphatic rings. The van der Waals surface area contributed by atoms with E-state index in [2.05, 4.69) is 49.1 Å². The largest absolute Gasteiger partial charge is 0.347 e. The molecule has 0 aliphatic carbocycles. The molecule has 0 bridgehead atoms. The van der Waals surface area contributed by atoms with Crippen LogP contribution < -0.4 is 0 Å². The average molecular weight is 205 g/mol. The van der Waals surface area contributed by atoms with Gasteiger partial charge in [0.1, 0.15) is 0 Å². The summed E-state index contributed by atoms with van der Waals surface area (Å²) < 4.78 is 2.29. The third-order valence-electron chi connectivity index (χ3n) is 2.59. The zero-order chi connectivity index (χ0) is 10.1. The summed E-state index contributed by atoms with van der Waals surface area (Å²) in [4.78, 5) is 0. The van der Waals surface area contributed by atoms with Crippen LogP contribution in [0.5, 0.6) is 0 Å². The zero-order valence-electron chi connectivity index (χ0n) is 8.87. The second-order valence-corrected chi connectivity index (χ2v) is 4.56. The third kappa shape index (κ3) is 1.55.